The lowest BCUT2D eigenvalue weighted by molar-refractivity contribution is -0.121. The Balaban J connectivity index is 1.90. The molecule has 0 fully saturated rings. The predicted octanol–water partition coefficient (Wildman–Crippen LogP) is 5.19. The van der Waals surface area contributed by atoms with E-state index in [1.165, 1.54) is 0 Å². The van der Waals surface area contributed by atoms with Crippen molar-refractivity contribution in [3.8, 4) is 0 Å². The molecule has 2 aromatic carbocycles. The summed E-state index contributed by atoms with van der Waals surface area (Å²) in [5.41, 5.74) is 2.14. The summed E-state index contributed by atoms with van der Waals surface area (Å²) in [6, 6.07) is 15.5. The number of carbonyl (C=O) groups excluding carboxylic acids is 1. The van der Waals surface area contributed by atoms with Crippen LogP contribution in [0.5, 0.6) is 0 Å². The van der Waals surface area contributed by atoms with Crippen LogP contribution in [-0.2, 0) is 11.2 Å². The number of nitrogens with one attached hydrogen (secondary N) is 1. The van der Waals surface area contributed by atoms with E-state index in [4.69, 9.17) is 23.2 Å². The van der Waals surface area contributed by atoms with E-state index in [0.29, 0.717) is 22.9 Å². The normalized spacial score (nSPS) is 12.0. The first-order chi connectivity index (χ1) is 10.6. The molecule has 0 aliphatic heterocycles. The van der Waals surface area contributed by atoms with Gasteiger partial charge in [-0.05, 0) is 36.1 Å². The zero-order chi connectivity index (χ0) is 15.9. The minimum absolute atomic E-state index is 0.0433. The molecular formula is C18H19Cl2NO. The molecule has 0 saturated carbocycles. The zero-order valence-corrected chi connectivity index (χ0v) is 14.0. The molecular weight excluding hydrogens is 317 g/mol. The van der Waals surface area contributed by atoms with E-state index >= 15 is 0 Å². The quantitative estimate of drug-likeness (QED) is 0.772. The number of hydrogen-bond donors (Lipinski definition) is 1. The molecule has 0 radical (unpaired) electrons. The Kier molecular flexibility index (Phi) is 6.29. The standard InChI is InChI=1S/C18H19Cl2NO/c1-2-17(14-6-4-3-5-7-14)21-18(22)11-9-13-8-10-15(19)16(20)12-13/h3-8,10,12,17H,2,9,11H2,1H3,(H,21,22). The second kappa shape index (κ2) is 8.21. The van der Waals surface area contributed by atoms with Crippen LogP contribution in [0.4, 0.5) is 0 Å². The van der Waals surface area contributed by atoms with Crippen molar-refractivity contribution < 1.29 is 4.79 Å². The number of benzene rings is 2. The van der Waals surface area contributed by atoms with Crippen LogP contribution in [0.25, 0.3) is 0 Å². The fraction of sp³-hybridized carbons (Fsp3) is 0.278. The molecule has 1 amide bonds. The molecule has 1 N–H and O–H groups in total. The van der Waals surface area contributed by atoms with Gasteiger partial charge < -0.3 is 5.32 Å². The fourth-order valence-corrected chi connectivity index (χ4v) is 2.65. The maximum atomic E-state index is 12.1. The number of rotatable bonds is 6. The minimum Gasteiger partial charge on any atom is -0.349 e. The Labute approximate surface area is 141 Å². The molecule has 1 unspecified atom stereocenters. The minimum atomic E-state index is 0.0433. The van der Waals surface area contributed by atoms with E-state index in [-0.39, 0.29) is 11.9 Å². The maximum Gasteiger partial charge on any atom is 0.220 e. The van der Waals surface area contributed by atoms with Crippen molar-refractivity contribution in [2.24, 2.45) is 0 Å². The third kappa shape index (κ3) is 4.75. The Morgan fingerprint density at radius 1 is 1.09 bits per heavy atom. The molecule has 4 heteroatoms. The molecule has 0 spiro atoms. The third-order valence-electron chi connectivity index (χ3n) is 3.57. The van der Waals surface area contributed by atoms with Gasteiger partial charge in [0.1, 0.15) is 0 Å². The van der Waals surface area contributed by atoms with Crippen LogP contribution in [-0.4, -0.2) is 5.91 Å². The lowest BCUT2D eigenvalue weighted by Crippen LogP contribution is -2.28. The van der Waals surface area contributed by atoms with Crippen molar-refractivity contribution in [2.45, 2.75) is 32.2 Å². The molecule has 0 aliphatic carbocycles. The Morgan fingerprint density at radius 3 is 2.45 bits per heavy atom. The lowest BCUT2D eigenvalue weighted by atomic mass is 10.0. The second-order valence-electron chi connectivity index (χ2n) is 5.19. The summed E-state index contributed by atoms with van der Waals surface area (Å²) in [4.78, 5) is 12.1. The molecule has 0 saturated heterocycles. The molecule has 2 nitrogen and oxygen atoms in total. The first-order valence-corrected chi connectivity index (χ1v) is 8.14. The van der Waals surface area contributed by atoms with Crippen molar-refractivity contribution in [2.75, 3.05) is 0 Å². The van der Waals surface area contributed by atoms with Gasteiger partial charge in [-0.15, -0.1) is 0 Å². The Bertz CT molecular complexity index is 628. The molecule has 0 heterocycles. The number of carbonyl (C=O) groups is 1. The van der Waals surface area contributed by atoms with Crippen LogP contribution in [0.3, 0.4) is 0 Å². The van der Waals surface area contributed by atoms with Crippen LogP contribution < -0.4 is 5.32 Å². The maximum absolute atomic E-state index is 12.1. The Hall–Kier alpha value is -1.51. The van der Waals surface area contributed by atoms with E-state index in [0.717, 1.165) is 17.5 Å². The second-order valence-corrected chi connectivity index (χ2v) is 6.00. The predicted molar refractivity (Wildman–Crippen MR) is 92.4 cm³/mol. The van der Waals surface area contributed by atoms with Crippen molar-refractivity contribution in [1.82, 2.24) is 5.32 Å². The highest BCUT2D eigenvalue weighted by atomic mass is 35.5. The van der Waals surface area contributed by atoms with Gasteiger partial charge in [-0.2, -0.15) is 0 Å². The van der Waals surface area contributed by atoms with Gasteiger partial charge in [-0.25, -0.2) is 0 Å². The van der Waals surface area contributed by atoms with E-state index in [1.54, 1.807) is 6.07 Å². The summed E-state index contributed by atoms with van der Waals surface area (Å²) in [7, 11) is 0. The first-order valence-electron chi connectivity index (χ1n) is 7.38. The summed E-state index contributed by atoms with van der Waals surface area (Å²) in [6.45, 7) is 2.07. The van der Waals surface area contributed by atoms with Gasteiger partial charge in [0.15, 0.2) is 0 Å². The van der Waals surface area contributed by atoms with Crippen molar-refractivity contribution in [1.29, 1.82) is 0 Å². The Morgan fingerprint density at radius 2 is 1.82 bits per heavy atom. The van der Waals surface area contributed by atoms with Gasteiger partial charge >= 0.3 is 0 Å². The number of aryl methyl sites for hydroxylation is 1. The molecule has 2 rings (SSSR count). The highest BCUT2D eigenvalue weighted by Gasteiger charge is 2.12. The van der Waals surface area contributed by atoms with Gasteiger partial charge in [-0.3, -0.25) is 4.79 Å². The van der Waals surface area contributed by atoms with Crippen LogP contribution in [0.1, 0.15) is 36.9 Å². The van der Waals surface area contributed by atoms with Crippen molar-refractivity contribution in [3.05, 3.63) is 69.7 Å². The summed E-state index contributed by atoms with van der Waals surface area (Å²) < 4.78 is 0. The average molecular weight is 336 g/mol. The van der Waals surface area contributed by atoms with Gasteiger partial charge in [0.2, 0.25) is 5.91 Å². The number of halogens is 2. The first kappa shape index (κ1) is 16.9. The molecule has 22 heavy (non-hydrogen) atoms. The topological polar surface area (TPSA) is 29.1 Å². The fourth-order valence-electron chi connectivity index (χ4n) is 2.33. The molecule has 0 bridgehead atoms. The largest absolute Gasteiger partial charge is 0.349 e. The molecule has 2 aromatic rings. The molecule has 0 aromatic heterocycles. The van der Waals surface area contributed by atoms with Gasteiger partial charge in [0.05, 0.1) is 16.1 Å². The van der Waals surface area contributed by atoms with E-state index in [2.05, 4.69) is 12.2 Å². The highest BCUT2D eigenvalue weighted by Crippen LogP contribution is 2.23. The lowest BCUT2D eigenvalue weighted by Gasteiger charge is -2.17. The molecule has 1 atom stereocenters. The molecule has 116 valence electrons. The summed E-state index contributed by atoms with van der Waals surface area (Å²) >= 11 is 11.9. The highest BCUT2D eigenvalue weighted by molar-refractivity contribution is 6.42. The average Bonchev–Trinajstić information content (AvgIpc) is 2.54. The summed E-state index contributed by atoms with van der Waals surface area (Å²) in [6.07, 6.45) is 1.94. The monoisotopic (exact) mass is 335 g/mol. The van der Waals surface area contributed by atoms with E-state index < -0.39 is 0 Å². The number of amides is 1. The summed E-state index contributed by atoms with van der Waals surface area (Å²) in [5, 5.41) is 4.14. The van der Waals surface area contributed by atoms with Crippen molar-refractivity contribution in [3.63, 3.8) is 0 Å². The van der Waals surface area contributed by atoms with Gasteiger partial charge in [-0.1, -0.05) is 66.5 Å². The van der Waals surface area contributed by atoms with Crippen LogP contribution in [0, 0.1) is 0 Å². The van der Waals surface area contributed by atoms with E-state index in [1.807, 2.05) is 42.5 Å². The smallest absolute Gasteiger partial charge is 0.220 e. The van der Waals surface area contributed by atoms with Crippen LogP contribution in [0.15, 0.2) is 48.5 Å². The van der Waals surface area contributed by atoms with Gasteiger partial charge in [0.25, 0.3) is 0 Å². The summed E-state index contributed by atoms with van der Waals surface area (Å²) in [5.74, 6) is 0.0433. The van der Waals surface area contributed by atoms with E-state index in [9.17, 15) is 4.79 Å². The van der Waals surface area contributed by atoms with Crippen LogP contribution >= 0.6 is 23.2 Å². The SMILES string of the molecule is CCC(NC(=O)CCc1ccc(Cl)c(Cl)c1)c1ccccc1. The van der Waals surface area contributed by atoms with Gasteiger partial charge in [0, 0.05) is 6.42 Å². The van der Waals surface area contributed by atoms with Crippen molar-refractivity contribution >= 4 is 29.1 Å². The van der Waals surface area contributed by atoms with Crippen LogP contribution in [0.2, 0.25) is 10.0 Å². The number of hydrogen-bond acceptors (Lipinski definition) is 1. The molecule has 0 aliphatic rings. The third-order valence-corrected chi connectivity index (χ3v) is 4.31. The zero-order valence-electron chi connectivity index (χ0n) is 12.5.